The van der Waals surface area contributed by atoms with Crippen LogP contribution in [-0.2, 0) is 6.42 Å². The normalized spacial score (nSPS) is 23.6. The third-order valence-electron chi connectivity index (χ3n) is 4.75. The summed E-state index contributed by atoms with van der Waals surface area (Å²) in [7, 11) is 2.28. The maximum Gasteiger partial charge on any atom is 0.0420 e. The van der Waals surface area contributed by atoms with Gasteiger partial charge in [-0.15, -0.1) is 0 Å². The predicted molar refractivity (Wildman–Crippen MR) is 81.7 cm³/mol. The van der Waals surface area contributed by atoms with Crippen LogP contribution in [0.2, 0.25) is 0 Å². The maximum absolute atomic E-state index is 5.92. The van der Waals surface area contributed by atoms with Gasteiger partial charge >= 0.3 is 0 Å². The van der Waals surface area contributed by atoms with Crippen LogP contribution in [0.3, 0.4) is 0 Å². The van der Waals surface area contributed by atoms with Crippen molar-refractivity contribution in [1.29, 1.82) is 0 Å². The van der Waals surface area contributed by atoms with Crippen LogP contribution in [0.25, 0.3) is 0 Å². The number of rotatable bonds is 3. The number of hydrogen-bond donors (Lipinski definition) is 1. The Kier molecular flexibility index (Phi) is 3.65. The lowest BCUT2D eigenvalue weighted by Gasteiger charge is -2.34. The minimum absolute atomic E-state index is 0.777. The third-order valence-corrected chi connectivity index (χ3v) is 4.75. The molecule has 3 rings (SSSR count). The monoisotopic (exact) mass is 259 g/mol. The van der Waals surface area contributed by atoms with E-state index in [1.165, 1.54) is 56.4 Å². The van der Waals surface area contributed by atoms with Crippen LogP contribution in [-0.4, -0.2) is 37.6 Å². The van der Waals surface area contributed by atoms with E-state index in [4.69, 9.17) is 5.73 Å². The van der Waals surface area contributed by atoms with E-state index in [9.17, 15) is 0 Å². The topological polar surface area (TPSA) is 32.5 Å². The molecule has 0 spiro atoms. The molecule has 2 aliphatic rings. The van der Waals surface area contributed by atoms with Crippen LogP contribution < -0.4 is 10.6 Å². The van der Waals surface area contributed by atoms with E-state index in [1.54, 1.807) is 0 Å². The van der Waals surface area contributed by atoms with Crippen molar-refractivity contribution in [3.63, 3.8) is 0 Å². The van der Waals surface area contributed by atoms with Gasteiger partial charge in [0.1, 0.15) is 0 Å². The summed E-state index contributed by atoms with van der Waals surface area (Å²) in [5.41, 5.74) is 9.65. The van der Waals surface area contributed by atoms with Gasteiger partial charge in [-0.25, -0.2) is 0 Å². The van der Waals surface area contributed by atoms with Crippen molar-refractivity contribution in [2.45, 2.75) is 38.1 Å². The van der Waals surface area contributed by atoms with E-state index < -0.39 is 0 Å². The molecule has 3 nitrogen and oxygen atoms in total. The van der Waals surface area contributed by atoms with Crippen molar-refractivity contribution < 1.29 is 0 Å². The van der Waals surface area contributed by atoms with E-state index in [0.717, 1.165) is 18.3 Å². The van der Waals surface area contributed by atoms with Gasteiger partial charge in [0.25, 0.3) is 0 Å². The molecule has 1 aromatic carbocycles. The van der Waals surface area contributed by atoms with Crippen molar-refractivity contribution in [3.8, 4) is 0 Å². The number of fused-ring (bicyclic) bond motifs is 1. The summed E-state index contributed by atoms with van der Waals surface area (Å²) in [6.45, 7) is 3.61. The third kappa shape index (κ3) is 2.71. The zero-order valence-corrected chi connectivity index (χ0v) is 11.9. The fourth-order valence-corrected chi connectivity index (χ4v) is 3.51. The number of nitrogens with two attached hydrogens (primary N) is 1. The van der Waals surface area contributed by atoms with Crippen LogP contribution in [0, 0.1) is 0 Å². The molecule has 3 heteroatoms. The molecule has 0 aromatic heterocycles. The fourth-order valence-electron chi connectivity index (χ4n) is 3.51. The quantitative estimate of drug-likeness (QED) is 0.847. The first-order valence-electron chi connectivity index (χ1n) is 7.57. The van der Waals surface area contributed by atoms with Gasteiger partial charge < -0.3 is 15.5 Å². The largest absolute Gasteiger partial charge is 0.399 e. The summed E-state index contributed by atoms with van der Waals surface area (Å²) in [4.78, 5) is 5.06. The van der Waals surface area contributed by atoms with Gasteiger partial charge in [-0.05, 0) is 57.0 Å². The highest BCUT2D eigenvalue weighted by atomic mass is 15.2. The Morgan fingerprint density at radius 3 is 3.00 bits per heavy atom. The lowest BCUT2D eigenvalue weighted by atomic mass is 10.00. The predicted octanol–water partition coefficient (Wildman–Crippen LogP) is 2.51. The molecule has 104 valence electrons. The lowest BCUT2D eigenvalue weighted by Crippen LogP contribution is -2.38. The van der Waals surface area contributed by atoms with Gasteiger partial charge in [-0.3, -0.25) is 0 Å². The van der Waals surface area contributed by atoms with Crippen LogP contribution >= 0.6 is 0 Å². The fraction of sp³-hybridized carbons (Fsp3) is 0.625. The Labute approximate surface area is 116 Å². The van der Waals surface area contributed by atoms with E-state index in [2.05, 4.69) is 29.0 Å². The first kappa shape index (κ1) is 12.8. The second-order valence-corrected chi connectivity index (χ2v) is 6.04. The van der Waals surface area contributed by atoms with E-state index in [1.807, 2.05) is 6.07 Å². The molecule has 0 amide bonds. The molecule has 19 heavy (non-hydrogen) atoms. The smallest absolute Gasteiger partial charge is 0.0420 e. The van der Waals surface area contributed by atoms with Gasteiger partial charge in [0.2, 0.25) is 0 Å². The minimum atomic E-state index is 0.777. The lowest BCUT2D eigenvalue weighted by molar-refractivity contribution is 0.178. The van der Waals surface area contributed by atoms with Crippen LogP contribution in [0.5, 0.6) is 0 Å². The zero-order chi connectivity index (χ0) is 13.2. The Bertz CT molecular complexity index is 444. The summed E-state index contributed by atoms with van der Waals surface area (Å²) in [5, 5.41) is 0. The highest BCUT2D eigenvalue weighted by molar-refractivity contribution is 5.64. The SMILES string of the molecule is CN1CCCCC1CCN1CCc2ccc(N)cc21. The summed E-state index contributed by atoms with van der Waals surface area (Å²) in [6, 6.07) is 7.14. The Balaban J connectivity index is 1.61. The van der Waals surface area contributed by atoms with Crippen molar-refractivity contribution in [3.05, 3.63) is 23.8 Å². The highest BCUT2D eigenvalue weighted by Gasteiger charge is 2.23. The van der Waals surface area contributed by atoms with Crippen LogP contribution in [0.4, 0.5) is 11.4 Å². The molecule has 1 saturated heterocycles. The number of piperidine rings is 1. The average Bonchev–Trinajstić information content (AvgIpc) is 2.80. The van der Waals surface area contributed by atoms with Crippen LogP contribution in [0.1, 0.15) is 31.2 Å². The molecule has 0 saturated carbocycles. The molecule has 0 aliphatic carbocycles. The minimum Gasteiger partial charge on any atom is -0.399 e. The number of anilines is 2. The first-order chi connectivity index (χ1) is 9.24. The zero-order valence-electron chi connectivity index (χ0n) is 11.9. The van der Waals surface area contributed by atoms with Gasteiger partial charge in [-0.2, -0.15) is 0 Å². The molecule has 2 aliphatic heterocycles. The number of benzene rings is 1. The average molecular weight is 259 g/mol. The number of likely N-dealkylation sites (tertiary alicyclic amines) is 1. The van der Waals surface area contributed by atoms with E-state index in [-0.39, 0.29) is 0 Å². The first-order valence-corrected chi connectivity index (χ1v) is 7.57. The number of hydrogen-bond acceptors (Lipinski definition) is 3. The van der Waals surface area contributed by atoms with Gasteiger partial charge in [0.05, 0.1) is 0 Å². The van der Waals surface area contributed by atoms with Gasteiger partial charge in [-0.1, -0.05) is 12.5 Å². The molecule has 1 atom stereocenters. The van der Waals surface area contributed by atoms with Crippen molar-refractivity contribution >= 4 is 11.4 Å². The van der Waals surface area contributed by atoms with Crippen molar-refractivity contribution in [1.82, 2.24) is 4.90 Å². The Morgan fingerprint density at radius 1 is 1.26 bits per heavy atom. The second-order valence-electron chi connectivity index (χ2n) is 6.04. The molecule has 1 aromatic rings. The number of nitrogens with zero attached hydrogens (tertiary/aromatic N) is 2. The van der Waals surface area contributed by atoms with Crippen molar-refractivity contribution in [2.24, 2.45) is 0 Å². The van der Waals surface area contributed by atoms with Crippen LogP contribution in [0.15, 0.2) is 18.2 Å². The van der Waals surface area contributed by atoms with E-state index >= 15 is 0 Å². The second kappa shape index (κ2) is 5.41. The molecule has 0 radical (unpaired) electrons. The Morgan fingerprint density at radius 2 is 2.16 bits per heavy atom. The summed E-state index contributed by atoms with van der Waals surface area (Å²) in [6.07, 6.45) is 6.60. The van der Waals surface area contributed by atoms with E-state index in [0.29, 0.717) is 0 Å². The summed E-state index contributed by atoms with van der Waals surface area (Å²) >= 11 is 0. The van der Waals surface area contributed by atoms with Gasteiger partial charge in [0.15, 0.2) is 0 Å². The molecule has 1 unspecified atom stereocenters. The van der Waals surface area contributed by atoms with Crippen molar-refractivity contribution in [2.75, 3.05) is 37.3 Å². The maximum atomic E-state index is 5.92. The molecular formula is C16H25N3. The summed E-state index contributed by atoms with van der Waals surface area (Å²) in [5.74, 6) is 0. The molecule has 2 N–H and O–H groups in total. The standard InChI is InChI=1S/C16H25N3/c1-18-9-3-2-4-15(18)8-11-19-10-7-13-5-6-14(17)12-16(13)19/h5-6,12,15H,2-4,7-11,17H2,1H3. The van der Waals surface area contributed by atoms with Gasteiger partial charge in [0, 0.05) is 30.5 Å². The Hall–Kier alpha value is -1.22. The molecule has 0 bridgehead atoms. The number of nitrogen functional groups attached to an aromatic ring is 1. The highest BCUT2D eigenvalue weighted by Crippen LogP contribution is 2.30. The molecule has 2 heterocycles. The molecule has 1 fully saturated rings. The summed E-state index contributed by atoms with van der Waals surface area (Å²) < 4.78 is 0. The molecular weight excluding hydrogens is 234 g/mol.